The van der Waals surface area contributed by atoms with Gasteiger partial charge in [0.15, 0.2) is 0 Å². The number of benzene rings is 2. The maximum atomic E-state index is 13.1. The van der Waals surface area contributed by atoms with Gasteiger partial charge >= 0.3 is 0 Å². The summed E-state index contributed by atoms with van der Waals surface area (Å²) >= 11 is 6.17. The molecule has 180 valence electrons. The van der Waals surface area contributed by atoms with Crippen LogP contribution in [-0.2, 0) is 17.7 Å². The van der Waals surface area contributed by atoms with E-state index in [1.807, 2.05) is 24.3 Å². The van der Waals surface area contributed by atoms with Crippen LogP contribution in [0.5, 0.6) is 0 Å². The first-order valence-corrected chi connectivity index (χ1v) is 11.8. The van der Waals surface area contributed by atoms with E-state index in [9.17, 15) is 9.59 Å². The number of amidine groups is 1. The van der Waals surface area contributed by atoms with Crippen LogP contribution in [0.15, 0.2) is 41.4 Å². The lowest BCUT2D eigenvalue weighted by molar-refractivity contribution is 0.0447. The van der Waals surface area contributed by atoms with Crippen molar-refractivity contribution in [2.75, 3.05) is 46.7 Å². The highest BCUT2D eigenvalue weighted by Crippen LogP contribution is 2.44. The van der Waals surface area contributed by atoms with Crippen molar-refractivity contribution in [2.24, 2.45) is 10.4 Å². The number of amides is 2. The van der Waals surface area contributed by atoms with Gasteiger partial charge in [0.05, 0.1) is 17.8 Å². The highest BCUT2D eigenvalue weighted by atomic mass is 35.5. The molecular formula is C26H31ClN4O3. The van der Waals surface area contributed by atoms with Crippen molar-refractivity contribution < 1.29 is 14.3 Å². The van der Waals surface area contributed by atoms with Gasteiger partial charge in [0.2, 0.25) is 0 Å². The van der Waals surface area contributed by atoms with Gasteiger partial charge in [0, 0.05) is 57.4 Å². The Bertz CT molecular complexity index is 1140. The Labute approximate surface area is 205 Å². The Morgan fingerprint density at radius 3 is 2.32 bits per heavy atom. The number of nitrogens with zero attached hydrogens (tertiary/aromatic N) is 3. The molecule has 2 aromatic rings. The highest BCUT2D eigenvalue weighted by Gasteiger charge is 2.44. The Balaban J connectivity index is 1.84. The van der Waals surface area contributed by atoms with E-state index < -0.39 is 0 Å². The maximum Gasteiger partial charge on any atom is 0.255 e. The summed E-state index contributed by atoms with van der Waals surface area (Å²) in [5.74, 6) is 0.638. The van der Waals surface area contributed by atoms with E-state index >= 15 is 0 Å². The van der Waals surface area contributed by atoms with Gasteiger partial charge in [-0.3, -0.25) is 14.6 Å². The van der Waals surface area contributed by atoms with Gasteiger partial charge in [-0.25, -0.2) is 0 Å². The number of rotatable bonds is 4. The summed E-state index contributed by atoms with van der Waals surface area (Å²) in [4.78, 5) is 34.2. The molecule has 0 unspecified atom stereocenters. The van der Waals surface area contributed by atoms with Crippen molar-refractivity contribution in [3.8, 4) is 0 Å². The molecule has 2 aromatic carbocycles. The van der Waals surface area contributed by atoms with E-state index in [1.165, 1.54) is 0 Å². The lowest BCUT2D eigenvalue weighted by Gasteiger charge is -2.43. The van der Waals surface area contributed by atoms with Gasteiger partial charge < -0.3 is 19.9 Å². The Hall–Kier alpha value is -2.90. The molecule has 2 aliphatic heterocycles. The van der Waals surface area contributed by atoms with Gasteiger partial charge in [-0.2, -0.15) is 0 Å². The molecule has 8 heteroatoms. The van der Waals surface area contributed by atoms with E-state index in [2.05, 4.69) is 5.32 Å². The summed E-state index contributed by atoms with van der Waals surface area (Å²) in [5.41, 5.74) is 3.42. The molecule has 1 saturated heterocycles. The first-order chi connectivity index (χ1) is 16.2. The third kappa shape index (κ3) is 4.68. The van der Waals surface area contributed by atoms with Crippen LogP contribution in [0.2, 0.25) is 5.02 Å². The van der Waals surface area contributed by atoms with Crippen molar-refractivity contribution in [3.05, 3.63) is 63.7 Å². The fraction of sp³-hybridized carbons (Fsp3) is 0.423. The van der Waals surface area contributed by atoms with Crippen molar-refractivity contribution in [1.82, 2.24) is 9.80 Å². The number of hydrogen-bond acceptors (Lipinski definition) is 4. The van der Waals surface area contributed by atoms with Crippen molar-refractivity contribution >= 4 is 34.9 Å². The van der Waals surface area contributed by atoms with Gasteiger partial charge in [-0.15, -0.1) is 0 Å². The quantitative estimate of drug-likeness (QED) is 0.711. The summed E-state index contributed by atoms with van der Waals surface area (Å²) in [6.45, 7) is 1.72. The van der Waals surface area contributed by atoms with Crippen LogP contribution < -0.4 is 5.32 Å². The molecular weight excluding hydrogens is 452 g/mol. The van der Waals surface area contributed by atoms with Gasteiger partial charge in [-0.05, 0) is 54.7 Å². The summed E-state index contributed by atoms with van der Waals surface area (Å²) < 4.78 is 5.68. The molecule has 2 amide bonds. The van der Waals surface area contributed by atoms with Crippen LogP contribution in [0, 0.1) is 5.41 Å². The fourth-order valence-electron chi connectivity index (χ4n) is 4.70. The predicted octanol–water partition coefficient (Wildman–Crippen LogP) is 4.11. The van der Waals surface area contributed by atoms with Crippen molar-refractivity contribution in [1.29, 1.82) is 0 Å². The van der Waals surface area contributed by atoms with E-state index in [4.69, 9.17) is 21.3 Å². The Morgan fingerprint density at radius 2 is 1.68 bits per heavy atom. The maximum absolute atomic E-state index is 13.1. The Morgan fingerprint density at radius 1 is 1.03 bits per heavy atom. The molecule has 0 bridgehead atoms. The average molecular weight is 483 g/mol. The van der Waals surface area contributed by atoms with E-state index in [0.29, 0.717) is 48.0 Å². The van der Waals surface area contributed by atoms with Crippen molar-refractivity contribution in [2.45, 2.75) is 25.8 Å². The molecule has 1 N–H and O–H groups in total. The summed E-state index contributed by atoms with van der Waals surface area (Å²) in [6, 6.07) is 11.2. The van der Waals surface area contributed by atoms with E-state index in [0.717, 1.165) is 29.8 Å². The van der Waals surface area contributed by atoms with Gasteiger partial charge in [-0.1, -0.05) is 23.7 Å². The highest BCUT2D eigenvalue weighted by molar-refractivity contribution is 6.30. The van der Waals surface area contributed by atoms with Crippen LogP contribution in [0.25, 0.3) is 0 Å². The first-order valence-electron chi connectivity index (χ1n) is 11.5. The minimum absolute atomic E-state index is 0.0802. The topological polar surface area (TPSA) is 74.2 Å². The van der Waals surface area contributed by atoms with E-state index in [-0.39, 0.29) is 17.2 Å². The molecule has 0 saturated carbocycles. The van der Waals surface area contributed by atoms with Crippen LogP contribution >= 0.6 is 11.6 Å². The number of carbonyl (C=O) groups is 2. The largest absolute Gasteiger partial charge is 0.381 e. The molecule has 0 radical (unpaired) electrons. The molecule has 1 spiro atoms. The predicted molar refractivity (Wildman–Crippen MR) is 135 cm³/mol. The smallest absolute Gasteiger partial charge is 0.255 e. The standard InChI is InChI=1S/C26H31ClN4O3/c1-30(2)23(32)19-8-9-20(24(33)31(3)4)22-21(19)15-26(10-12-34-13-11-26)25(29-22)28-16-17-6-5-7-18(27)14-17/h5-9,14H,10-13,15-16H2,1-4H3,(H,28,29). The minimum atomic E-state index is -0.287. The number of nitrogens with one attached hydrogen (secondary N) is 1. The molecule has 0 atom stereocenters. The summed E-state index contributed by atoms with van der Waals surface area (Å²) in [6.07, 6.45) is 2.20. The number of anilines is 1. The minimum Gasteiger partial charge on any atom is -0.381 e. The monoisotopic (exact) mass is 482 g/mol. The number of carbonyl (C=O) groups excluding carboxylic acids is 2. The number of aliphatic imine (C=N–C) groups is 1. The average Bonchev–Trinajstić information content (AvgIpc) is 2.81. The second-order valence-electron chi connectivity index (χ2n) is 9.40. The first kappa shape index (κ1) is 24.2. The molecule has 1 fully saturated rings. The SMILES string of the molecule is CN(C)C(=O)c1ccc(C(=O)N(C)C)c2c1CC1(CCOCC1)C(=NCc1cccc(Cl)c1)N2. The van der Waals surface area contributed by atoms with Crippen molar-refractivity contribution in [3.63, 3.8) is 0 Å². The van der Waals surface area contributed by atoms with Crippen LogP contribution in [-0.4, -0.2) is 68.9 Å². The summed E-state index contributed by atoms with van der Waals surface area (Å²) in [5, 5.41) is 4.20. The number of hydrogen-bond donors (Lipinski definition) is 1. The van der Waals surface area contributed by atoms with Gasteiger partial charge in [0.25, 0.3) is 11.8 Å². The fourth-order valence-corrected chi connectivity index (χ4v) is 4.91. The zero-order valence-corrected chi connectivity index (χ0v) is 20.9. The molecule has 0 aromatic heterocycles. The number of halogens is 1. The van der Waals surface area contributed by atoms with Crippen LogP contribution in [0.4, 0.5) is 5.69 Å². The lowest BCUT2D eigenvalue weighted by atomic mass is 9.70. The Kier molecular flexibility index (Phi) is 6.96. The summed E-state index contributed by atoms with van der Waals surface area (Å²) in [7, 11) is 6.94. The molecule has 0 aliphatic carbocycles. The third-order valence-electron chi connectivity index (χ3n) is 6.61. The molecule has 2 aliphatic rings. The normalized spacial score (nSPS) is 17.7. The van der Waals surface area contributed by atoms with Crippen LogP contribution in [0.1, 0.15) is 44.7 Å². The zero-order valence-electron chi connectivity index (χ0n) is 20.2. The molecule has 7 nitrogen and oxygen atoms in total. The van der Waals surface area contributed by atoms with Gasteiger partial charge in [0.1, 0.15) is 5.84 Å². The second-order valence-corrected chi connectivity index (χ2v) is 9.84. The lowest BCUT2D eigenvalue weighted by Crippen LogP contribution is -2.47. The number of ether oxygens (including phenoxy) is 1. The molecule has 2 heterocycles. The third-order valence-corrected chi connectivity index (χ3v) is 6.84. The van der Waals surface area contributed by atoms with Crippen LogP contribution in [0.3, 0.4) is 0 Å². The molecule has 34 heavy (non-hydrogen) atoms. The number of fused-ring (bicyclic) bond motifs is 1. The zero-order chi connectivity index (χ0) is 24.5. The second kappa shape index (κ2) is 9.76. The molecule has 4 rings (SSSR count). The van der Waals surface area contributed by atoms with E-state index in [1.54, 1.807) is 50.1 Å².